The Labute approximate surface area is 142 Å². The largest absolute Gasteiger partial charge is 0.295 e. The third-order valence-corrected chi connectivity index (χ3v) is 7.24. The van der Waals surface area contributed by atoms with Gasteiger partial charge in [-0.25, -0.2) is 13.1 Å². The summed E-state index contributed by atoms with van der Waals surface area (Å²) >= 11 is 1.25. The Bertz CT molecular complexity index is 742. The van der Waals surface area contributed by atoms with Crippen LogP contribution in [-0.2, 0) is 23.0 Å². The van der Waals surface area contributed by atoms with Crippen molar-refractivity contribution < 1.29 is 8.42 Å². The van der Waals surface area contributed by atoms with E-state index in [4.69, 9.17) is 0 Å². The zero-order valence-corrected chi connectivity index (χ0v) is 14.9. The second kappa shape index (κ2) is 7.13. The molecule has 0 saturated carbocycles. The van der Waals surface area contributed by atoms with E-state index in [1.165, 1.54) is 22.5 Å². The maximum atomic E-state index is 12.3. The van der Waals surface area contributed by atoms with Crippen LogP contribution in [0.4, 0.5) is 0 Å². The van der Waals surface area contributed by atoms with Crippen molar-refractivity contribution in [3.05, 3.63) is 52.9 Å². The van der Waals surface area contributed by atoms with Crippen molar-refractivity contribution in [1.29, 1.82) is 0 Å². The van der Waals surface area contributed by atoms with Crippen LogP contribution in [-0.4, -0.2) is 32.4 Å². The molecule has 4 nitrogen and oxygen atoms in total. The molecule has 1 aliphatic rings. The van der Waals surface area contributed by atoms with E-state index in [1.54, 1.807) is 17.5 Å². The van der Waals surface area contributed by atoms with Crippen LogP contribution in [0, 0.1) is 0 Å². The summed E-state index contributed by atoms with van der Waals surface area (Å²) in [4.78, 5) is 2.39. The topological polar surface area (TPSA) is 49.4 Å². The van der Waals surface area contributed by atoms with Crippen molar-refractivity contribution in [2.45, 2.75) is 36.6 Å². The average Bonchev–Trinajstić information content (AvgIpc) is 3.10. The van der Waals surface area contributed by atoms with Gasteiger partial charge in [-0.15, -0.1) is 11.3 Å². The van der Waals surface area contributed by atoms with Crippen LogP contribution < -0.4 is 4.72 Å². The number of benzene rings is 1. The number of rotatable bonds is 6. The molecule has 0 amide bonds. The number of sulfonamides is 1. The second-order valence-electron chi connectivity index (χ2n) is 5.84. The van der Waals surface area contributed by atoms with Gasteiger partial charge in [0.1, 0.15) is 4.21 Å². The van der Waals surface area contributed by atoms with Crippen LogP contribution in [0.5, 0.6) is 0 Å². The highest BCUT2D eigenvalue weighted by Gasteiger charge is 2.24. The average molecular weight is 351 g/mol. The summed E-state index contributed by atoms with van der Waals surface area (Å²) in [5, 5.41) is 1.79. The Kier molecular flexibility index (Phi) is 5.16. The quantitative estimate of drug-likeness (QED) is 0.871. The number of hydrogen-bond donors (Lipinski definition) is 1. The molecule has 6 heteroatoms. The highest BCUT2D eigenvalue weighted by atomic mass is 32.2. The van der Waals surface area contributed by atoms with Crippen molar-refractivity contribution in [3.8, 4) is 0 Å². The number of thiophene rings is 1. The normalized spacial score (nSPS) is 16.9. The molecule has 23 heavy (non-hydrogen) atoms. The number of fused-ring (bicyclic) bond motifs is 1. The summed E-state index contributed by atoms with van der Waals surface area (Å²) in [6.07, 6.45) is 1.96. The lowest BCUT2D eigenvalue weighted by Gasteiger charge is -2.35. The minimum atomic E-state index is -3.38. The van der Waals surface area contributed by atoms with Crippen molar-refractivity contribution >= 4 is 21.4 Å². The summed E-state index contributed by atoms with van der Waals surface area (Å²) in [6.45, 7) is 4.45. The molecule has 1 unspecified atom stereocenters. The van der Waals surface area contributed by atoms with Gasteiger partial charge in [-0.05, 0) is 35.4 Å². The van der Waals surface area contributed by atoms with Crippen molar-refractivity contribution in [2.75, 3.05) is 13.1 Å². The smallest absolute Gasteiger partial charge is 0.250 e. The van der Waals surface area contributed by atoms with Crippen LogP contribution in [0.1, 0.15) is 24.5 Å². The molecule has 2 heterocycles. The Hall–Kier alpha value is -1.21. The highest BCUT2D eigenvalue weighted by Crippen LogP contribution is 2.22. The van der Waals surface area contributed by atoms with Gasteiger partial charge in [-0.1, -0.05) is 37.3 Å². The SMILES string of the molecule is CCC(CNS(=O)(=O)c1cccs1)N1CCc2ccccc2C1. The molecule has 3 rings (SSSR count). The monoisotopic (exact) mass is 350 g/mol. The van der Waals surface area contributed by atoms with Crippen LogP contribution in [0.15, 0.2) is 46.0 Å². The predicted octanol–water partition coefficient (Wildman–Crippen LogP) is 2.86. The molecule has 1 aromatic carbocycles. The maximum absolute atomic E-state index is 12.3. The van der Waals surface area contributed by atoms with Crippen LogP contribution >= 0.6 is 11.3 Å². The number of hydrogen-bond acceptors (Lipinski definition) is 4. The van der Waals surface area contributed by atoms with Crippen molar-refractivity contribution in [2.24, 2.45) is 0 Å². The van der Waals surface area contributed by atoms with E-state index in [-0.39, 0.29) is 6.04 Å². The minimum Gasteiger partial charge on any atom is -0.295 e. The van der Waals surface area contributed by atoms with Crippen molar-refractivity contribution in [3.63, 3.8) is 0 Å². The van der Waals surface area contributed by atoms with E-state index in [2.05, 4.69) is 40.8 Å². The van der Waals surface area contributed by atoms with Gasteiger partial charge < -0.3 is 0 Å². The van der Waals surface area contributed by atoms with Gasteiger partial charge in [0.25, 0.3) is 0 Å². The fourth-order valence-electron chi connectivity index (χ4n) is 3.05. The van der Waals surface area contributed by atoms with E-state index in [9.17, 15) is 8.42 Å². The van der Waals surface area contributed by atoms with Gasteiger partial charge in [0, 0.05) is 25.7 Å². The Morgan fingerprint density at radius 3 is 2.70 bits per heavy atom. The standard InChI is InChI=1S/C17H22N2O2S2/c1-2-16(12-18-23(20,21)17-8-5-11-22-17)19-10-9-14-6-3-4-7-15(14)13-19/h3-8,11,16,18H,2,9-10,12-13H2,1H3. The van der Waals surface area contributed by atoms with Crippen LogP contribution in [0.3, 0.4) is 0 Å². The zero-order chi connectivity index (χ0) is 16.3. The highest BCUT2D eigenvalue weighted by molar-refractivity contribution is 7.91. The first-order valence-corrected chi connectivity index (χ1v) is 10.3. The molecule has 1 N–H and O–H groups in total. The third kappa shape index (κ3) is 3.83. The van der Waals surface area contributed by atoms with Gasteiger partial charge in [0.2, 0.25) is 10.0 Å². The fourth-order valence-corrected chi connectivity index (χ4v) is 5.16. The van der Waals surface area contributed by atoms with Crippen molar-refractivity contribution in [1.82, 2.24) is 9.62 Å². The van der Waals surface area contributed by atoms with Crippen LogP contribution in [0.2, 0.25) is 0 Å². The maximum Gasteiger partial charge on any atom is 0.250 e. The Balaban J connectivity index is 1.65. The van der Waals surface area contributed by atoms with E-state index >= 15 is 0 Å². The van der Waals surface area contributed by atoms with E-state index in [0.717, 1.165) is 25.9 Å². The molecule has 1 atom stereocenters. The van der Waals surface area contributed by atoms with E-state index < -0.39 is 10.0 Å². The molecule has 2 aromatic rings. The van der Waals surface area contributed by atoms with E-state index in [0.29, 0.717) is 10.8 Å². The lowest BCUT2D eigenvalue weighted by molar-refractivity contribution is 0.175. The zero-order valence-electron chi connectivity index (χ0n) is 13.2. The molecular formula is C17H22N2O2S2. The minimum absolute atomic E-state index is 0.220. The number of nitrogens with zero attached hydrogens (tertiary/aromatic N) is 1. The van der Waals surface area contributed by atoms with Gasteiger partial charge in [-0.3, -0.25) is 4.90 Å². The number of nitrogens with one attached hydrogen (secondary N) is 1. The van der Waals surface area contributed by atoms with Crippen LogP contribution in [0.25, 0.3) is 0 Å². The molecule has 0 saturated heterocycles. The molecule has 0 bridgehead atoms. The molecule has 1 aliphatic heterocycles. The lowest BCUT2D eigenvalue weighted by Crippen LogP contribution is -2.45. The molecular weight excluding hydrogens is 328 g/mol. The first kappa shape index (κ1) is 16.6. The molecule has 0 fully saturated rings. The second-order valence-corrected chi connectivity index (χ2v) is 8.78. The summed E-state index contributed by atoms with van der Waals surface area (Å²) in [6, 6.07) is 12.1. The van der Waals surface area contributed by atoms with E-state index in [1.807, 2.05) is 0 Å². The lowest BCUT2D eigenvalue weighted by atomic mass is 9.98. The van der Waals surface area contributed by atoms with Gasteiger partial charge in [-0.2, -0.15) is 0 Å². The van der Waals surface area contributed by atoms with Gasteiger partial charge in [0.15, 0.2) is 0 Å². The first-order chi connectivity index (χ1) is 11.1. The molecule has 1 aromatic heterocycles. The molecule has 0 aliphatic carbocycles. The summed E-state index contributed by atoms with van der Waals surface area (Å²) in [7, 11) is -3.38. The first-order valence-electron chi connectivity index (χ1n) is 7.94. The third-order valence-electron chi connectivity index (χ3n) is 4.42. The molecule has 0 spiro atoms. The Morgan fingerprint density at radius 1 is 1.22 bits per heavy atom. The predicted molar refractivity (Wildman–Crippen MR) is 94.1 cm³/mol. The summed E-state index contributed by atoms with van der Waals surface area (Å²) in [5.41, 5.74) is 2.77. The Morgan fingerprint density at radius 2 is 2.00 bits per heavy atom. The summed E-state index contributed by atoms with van der Waals surface area (Å²) < 4.78 is 27.7. The van der Waals surface area contributed by atoms with Gasteiger partial charge in [0.05, 0.1) is 0 Å². The summed E-state index contributed by atoms with van der Waals surface area (Å²) in [5.74, 6) is 0. The fraction of sp³-hybridized carbons (Fsp3) is 0.412. The molecule has 124 valence electrons. The van der Waals surface area contributed by atoms with Gasteiger partial charge >= 0.3 is 0 Å². The molecule has 0 radical (unpaired) electrons.